The van der Waals surface area contributed by atoms with Gasteiger partial charge in [-0.25, -0.2) is 20.1 Å². The van der Waals surface area contributed by atoms with Crippen molar-refractivity contribution in [2.45, 2.75) is 71.0 Å². The topological polar surface area (TPSA) is 164 Å². The van der Waals surface area contributed by atoms with Crippen molar-refractivity contribution < 1.29 is 37.4 Å². The maximum absolute atomic E-state index is 11.1. The first-order valence-corrected chi connectivity index (χ1v) is 12.2. The smallest absolute Gasteiger partial charge is 0.381 e. The molecule has 2 unspecified atom stereocenters. The van der Waals surface area contributed by atoms with Crippen LogP contribution in [0.3, 0.4) is 0 Å². The van der Waals surface area contributed by atoms with Crippen LogP contribution in [0.4, 0.5) is 0 Å². The molecule has 0 aliphatic rings. The maximum Gasteiger partial charge on any atom is 0.400 e. The van der Waals surface area contributed by atoms with Gasteiger partial charge in [-0.2, -0.15) is 0 Å². The van der Waals surface area contributed by atoms with Crippen molar-refractivity contribution in [1.29, 1.82) is 0 Å². The molecule has 2 atom stereocenters. The van der Waals surface area contributed by atoms with E-state index in [0.29, 0.717) is 52.1 Å². The van der Waals surface area contributed by atoms with Crippen LogP contribution in [0.5, 0.6) is 0 Å². The molecule has 0 saturated carbocycles. The Morgan fingerprint density at radius 2 is 1.00 bits per heavy atom. The summed E-state index contributed by atoms with van der Waals surface area (Å²) in [5.41, 5.74) is 8.44. The molecule has 10 nitrogen and oxygen atoms in total. The molecule has 0 aromatic rings. The third kappa shape index (κ3) is 19.2. The molecule has 0 fully saturated rings. The van der Waals surface area contributed by atoms with Crippen LogP contribution >= 0.6 is 15.5 Å². The van der Waals surface area contributed by atoms with E-state index in [1.54, 1.807) is 27.7 Å². The monoisotopic (exact) mass is 434 g/mol. The van der Waals surface area contributed by atoms with Crippen LogP contribution in [0.2, 0.25) is 0 Å². The fourth-order valence-electron chi connectivity index (χ4n) is 2.47. The summed E-state index contributed by atoms with van der Waals surface area (Å²) < 4.78 is 42.9. The Hall–Kier alpha value is 0.140. The van der Waals surface area contributed by atoms with Gasteiger partial charge in [0, 0.05) is 26.4 Å². The Kier molecular flexibility index (Phi) is 12.0. The molecule has 12 heteroatoms. The van der Waals surface area contributed by atoms with Crippen molar-refractivity contribution in [3.8, 4) is 0 Å². The van der Waals surface area contributed by atoms with Gasteiger partial charge in [0.25, 0.3) is 0 Å². The summed E-state index contributed by atoms with van der Waals surface area (Å²) in [5.74, 6) is 0. The lowest BCUT2D eigenvalue weighted by atomic mass is 10.0. The van der Waals surface area contributed by atoms with Crippen LogP contribution in [0.15, 0.2) is 0 Å². The Morgan fingerprint density at radius 3 is 1.30 bits per heavy atom. The molecule has 27 heavy (non-hydrogen) atoms. The highest BCUT2D eigenvalue weighted by atomic mass is 31.2. The van der Waals surface area contributed by atoms with Crippen molar-refractivity contribution in [2.75, 3.05) is 26.4 Å². The second-order valence-electron chi connectivity index (χ2n) is 7.62. The highest BCUT2D eigenvalue weighted by molar-refractivity contribution is 7.50. The summed E-state index contributed by atoms with van der Waals surface area (Å²) in [5, 5.41) is 0. The molecule has 0 rings (SSSR count). The predicted octanol–water partition coefficient (Wildman–Crippen LogP) is 2.68. The van der Waals surface area contributed by atoms with Crippen molar-refractivity contribution >= 4 is 15.5 Å². The summed E-state index contributed by atoms with van der Waals surface area (Å²) in [7, 11) is -7.97. The Labute approximate surface area is 162 Å². The lowest BCUT2D eigenvalue weighted by Gasteiger charge is -2.25. The van der Waals surface area contributed by atoms with E-state index in [4.69, 9.17) is 39.3 Å². The lowest BCUT2D eigenvalue weighted by molar-refractivity contribution is 0.0469. The Balaban J connectivity index is 3.58. The minimum absolute atomic E-state index is 0.513. The van der Waals surface area contributed by atoms with Crippen molar-refractivity contribution in [3.63, 3.8) is 0 Å². The first-order valence-electron chi connectivity index (χ1n) is 8.92. The van der Waals surface area contributed by atoms with E-state index >= 15 is 0 Å². The fourth-order valence-corrected chi connectivity index (χ4v) is 4.07. The van der Waals surface area contributed by atoms with E-state index in [1.807, 2.05) is 0 Å². The fraction of sp³-hybridized carbons (Fsp3) is 1.00. The normalized spacial score (nSPS) is 17.5. The standard InChI is InChI=1S/C15H36N2O8P2/c1-14(2,24-26(16,18)19)8-5-10-22-12-7-13-23-11-6-9-15(3,4)25-27(17,20)21/h5-13H2,1-4H3,(H3,16,18,19)(H3,17,20,21). The minimum atomic E-state index is -3.99. The SMILES string of the molecule is CC(C)(CCCOCCCOCCCC(C)(C)OP(N)(=O)O)OP(N)(=O)O. The average Bonchev–Trinajstić information content (AvgIpc) is 2.39. The van der Waals surface area contributed by atoms with E-state index in [-0.39, 0.29) is 0 Å². The third-order valence-electron chi connectivity index (χ3n) is 3.47. The van der Waals surface area contributed by atoms with Crippen molar-refractivity contribution in [1.82, 2.24) is 0 Å². The second kappa shape index (κ2) is 12.0. The summed E-state index contributed by atoms with van der Waals surface area (Å²) in [6, 6.07) is 0. The predicted molar refractivity (Wildman–Crippen MR) is 103 cm³/mol. The van der Waals surface area contributed by atoms with Gasteiger partial charge in [-0.1, -0.05) is 0 Å². The molecule has 0 amide bonds. The van der Waals surface area contributed by atoms with Crippen molar-refractivity contribution in [3.05, 3.63) is 0 Å². The Morgan fingerprint density at radius 1 is 0.704 bits per heavy atom. The van der Waals surface area contributed by atoms with Gasteiger partial charge < -0.3 is 19.3 Å². The summed E-state index contributed by atoms with van der Waals surface area (Å²) >= 11 is 0. The van der Waals surface area contributed by atoms with Gasteiger partial charge in [-0.15, -0.1) is 0 Å². The van der Waals surface area contributed by atoms with Gasteiger partial charge in [-0.3, -0.25) is 9.05 Å². The number of nitrogens with two attached hydrogens (primary N) is 2. The number of rotatable bonds is 16. The zero-order valence-electron chi connectivity index (χ0n) is 16.8. The highest BCUT2D eigenvalue weighted by Gasteiger charge is 2.27. The first kappa shape index (κ1) is 27.1. The van der Waals surface area contributed by atoms with Gasteiger partial charge >= 0.3 is 15.5 Å². The summed E-state index contributed by atoms with van der Waals surface area (Å²) in [6.45, 7) is 8.94. The molecule has 6 N–H and O–H groups in total. The number of ether oxygens (including phenoxy) is 2. The molecule has 0 radical (unpaired) electrons. The Bertz CT molecular complexity index is 460. The van der Waals surface area contributed by atoms with Gasteiger partial charge in [0.2, 0.25) is 0 Å². The zero-order chi connectivity index (χ0) is 21.2. The largest absolute Gasteiger partial charge is 0.400 e. The highest BCUT2D eigenvalue weighted by Crippen LogP contribution is 2.40. The molecule has 0 heterocycles. The molecule has 0 bridgehead atoms. The second-order valence-corrected chi connectivity index (χ2v) is 10.2. The van der Waals surface area contributed by atoms with E-state index in [9.17, 15) is 9.13 Å². The average molecular weight is 434 g/mol. The van der Waals surface area contributed by atoms with E-state index in [2.05, 4.69) is 0 Å². The molecule has 0 aromatic heterocycles. The van der Waals surface area contributed by atoms with Gasteiger partial charge in [0.15, 0.2) is 0 Å². The molecule has 0 aliphatic heterocycles. The zero-order valence-corrected chi connectivity index (χ0v) is 18.5. The van der Waals surface area contributed by atoms with Gasteiger partial charge in [0.1, 0.15) is 0 Å². The maximum atomic E-state index is 11.1. The van der Waals surface area contributed by atoms with Crippen molar-refractivity contribution in [2.24, 2.45) is 11.0 Å². The van der Waals surface area contributed by atoms with Crippen LogP contribution in [-0.2, 0) is 27.7 Å². The molecule has 164 valence electrons. The van der Waals surface area contributed by atoms with Gasteiger partial charge in [0.05, 0.1) is 11.2 Å². The molecule has 0 aromatic carbocycles. The third-order valence-corrected chi connectivity index (χ3v) is 4.98. The van der Waals surface area contributed by atoms with Crippen LogP contribution in [0.1, 0.15) is 59.8 Å². The van der Waals surface area contributed by atoms with Crippen LogP contribution in [-0.4, -0.2) is 47.4 Å². The van der Waals surface area contributed by atoms with E-state index in [1.165, 1.54) is 0 Å². The lowest BCUT2D eigenvalue weighted by Crippen LogP contribution is -2.25. The van der Waals surface area contributed by atoms with Crippen LogP contribution in [0.25, 0.3) is 0 Å². The van der Waals surface area contributed by atoms with Crippen LogP contribution in [0, 0.1) is 0 Å². The summed E-state index contributed by atoms with van der Waals surface area (Å²) in [6.07, 6.45) is 3.19. The quantitative estimate of drug-likeness (QED) is 0.210. The molecule has 0 aliphatic carbocycles. The molecular formula is C15H36N2O8P2. The van der Waals surface area contributed by atoms with Crippen LogP contribution < -0.4 is 11.0 Å². The number of hydrogen-bond acceptors (Lipinski definition) is 6. The van der Waals surface area contributed by atoms with E-state index < -0.39 is 26.7 Å². The first-order chi connectivity index (χ1) is 12.1. The number of hydrogen-bond donors (Lipinski definition) is 4. The van der Waals surface area contributed by atoms with Gasteiger partial charge in [-0.05, 0) is 59.8 Å². The minimum Gasteiger partial charge on any atom is -0.381 e. The van der Waals surface area contributed by atoms with E-state index in [0.717, 1.165) is 6.42 Å². The molecule has 0 spiro atoms. The summed E-state index contributed by atoms with van der Waals surface area (Å²) in [4.78, 5) is 18.1. The molecule has 0 saturated heterocycles. The molecular weight excluding hydrogens is 398 g/mol.